The average molecular weight is 507 g/mol. The Labute approximate surface area is 222 Å². The number of nitrogens with zero attached hydrogens (tertiary/aromatic N) is 6. The number of anilines is 4. The van der Waals surface area contributed by atoms with E-state index in [2.05, 4.69) is 19.9 Å². The van der Waals surface area contributed by atoms with Crippen LogP contribution in [0.3, 0.4) is 0 Å². The maximum Gasteiger partial charge on any atom is 0.234 e. The lowest BCUT2D eigenvalue weighted by Crippen LogP contribution is -2.35. The van der Waals surface area contributed by atoms with E-state index in [0.29, 0.717) is 36.1 Å². The number of rotatable bonds is 8. The van der Waals surface area contributed by atoms with Gasteiger partial charge < -0.3 is 0 Å². The fraction of sp³-hybridized carbons (Fsp3) is 0.267. The first-order chi connectivity index (χ1) is 18.7. The Hall–Kier alpha value is -4.46. The molecule has 5 rings (SSSR count). The molecular weight excluding hydrogens is 476 g/mol. The Morgan fingerprint density at radius 2 is 0.868 bits per heavy atom. The van der Waals surface area contributed by atoms with Gasteiger partial charge in [0.25, 0.3) is 0 Å². The molecule has 1 fully saturated rings. The summed E-state index contributed by atoms with van der Waals surface area (Å²) in [5.74, 6) is 2.16. The van der Waals surface area contributed by atoms with Crippen molar-refractivity contribution in [1.29, 1.82) is 0 Å². The summed E-state index contributed by atoms with van der Waals surface area (Å²) in [7, 11) is 0. The first kappa shape index (κ1) is 25.2. The topological polar surface area (TPSA) is 92.2 Å². The zero-order valence-corrected chi connectivity index (χ0v) is 21.1. The Morgan fingerprint density at radius 1 is 0.553 bits per heavy atom. The van der Waals surface area contributed by atoms with Crippen LogP contribution in [0.2, 0.25) is 0 Å². The molecule has 2 atom stereocenters. The van der Waals surface area contributed by atoms with E-state index in [1.54, 1.807) is 34.6 Å². The molecule has 38 heavy (non-hydrogen) atoms. The first-order valence-corrected chi connectivity index (χ1v) is 13.0. The fourth-order valence-corrected chi connectivity index (χ4v) is 5.14. The molecule has 8 heteroatoms. The second-order valence-electron chi connectivity index (χ2n) is 9.42. The standard InChI is InChI=1S/C30H30N6O2/c37-29(35(25-13-3-7-17-31-25)26-14-4-8-18-32-26)21-23-11-1-2-12-24(23)22-30(38)36(27-15-5-9-19-33-27)28-16-6-10-20-34-28/h3-10,13-20,23-24H,1-2,11-12,21-22H2. The molecule has 1 aliphatic rings. The Morgan fingerprint density at radius 3 is 1.13 bits per heavy atom. The van der Waals surface area contributed by atoms with E-state index >= 15 is 0 Å². The van der Waals surface area contributed by atoms with Crippen LogP contribution in [0.25, 0.3) is 0 Å². The van der Waals surface area contributed by atoms with Crippen LogP contribution in [0.1, 0.15) is 38.5 Å². The van der Waals surface area contributed by atoms with Gasteiger partial charge in [-0.15, -0.1) is 0 Å². The van der Waals surface area contributed by atoms with Crippen molar-refractivity contribution in [3.05, 3.63) is 97.6 Å². The normalized spacial score (nSPS) is 16.9. The smallest absolute Gasteiger partial charge is 0.234 e. The lowest BCUT2D eigenvalue weighted by Gasteiger charge is -2.33. The number of pyridine rings is 4. The van der Waals surface area contributed by atoms with Gasteiger partial charge in [-0.05, 0) is 73.2 Å². The molecule has 192 valence electrons. The molecule has 0 radical (unpaired) electrons. The molecule has 0 N–H and O–H groups in total. The molecule has 8 nitrogen and oxygen atoms in total. The molecule has 2 unspecified atom stereocenters. The van der Waals surface area contributed by atoms with Gasteiger partial charge in [-0.1, -0.05) is 37.1 Å². The van der Waals surface area contributed by atoms with Crippen LogP contribution in [-0.2, 0) is 9.59 Å². The largest absolute Gasteiger partial charge is 0.274 e. The summed E-state index contributed by atoms with van der Waals surface area (Å²) in [4.78, 5) is 48.3. The van der Waals surface area contributed by atoms with Crippen LogP contribution in [-0.4, -0.2) is 31.8 Å². The maximum atomic E-state index is 13.8. The summed E-state index contributed by atoms with van der Waals surface area (Å²) in [5.41, 5.74) is 0. The van der Waals surface area contributed by atoms with Gasteiger partial charge in [0.15, 0.2) is 0 Å². The molecule has 0 saturated heterocycles. The summed E-state index contributed by atoms with van der Waals surface area (Å²) < 4.78 is 0. The number of aromatic nitrogens is 4. The van der Waals surface area contributed by atoms with Crippen molar-refractivity contribution in [2.24, 2.45) is 11.8 Å². The summed E-state index contributed by atoms with van der Waals surface area (Å²) in [6.07, 6.45) is 11.2. The van der Waals surface area contributed by atoms with Gasteiger partial charge in [0, 0.05) is 37.6 Å². The average Bonchev–Trinajstić information content (AvgIpc) is 2.97. The Kier molecular flexibility index (Phi) is 8.08. The molecule has 0 spiro atoms. The number of hydrogen-bond donors (Lipinski definition) is 0. The SMILES string of the molecule is O=C(CC1CCCCC1CC(=O)N(c1ccccn1)c1ccccn1)N(c1ccccn1)c1ccccn1. The summed E-state index contributed by atoms with van der Waals surface area (Å²) in [5, 5.41) is 0. The van der Waals surface area contributed by atoms with E-state index < -0.39 is 0 Å². The molecule has 1 saturated carbocycles. The van der Waals surface area contributed by atoms with E-state index in [0.717, 1.165) is 25.7 Å². The molecule has 0 aromatic carbocycles. The van der Waals surface area contributed by atoms with E-state index in [9.17, 15) is 9.59 Å². The highest BCUT2D eigenvalue weighted by molar-refractivity contribution is 6.00. The molecule has 2 amide bonds. The quantitative estimate of drug-likeness (QED) is 0.296. The molecule has 4 aromatic heterocycles. The molecule has 1 aliphatic carbocycles. The molecule has 4 aromatic rings. The van der Waals surface area contributed by atoms with Crippen molar-refractivity contribution in [3.63, 3.8) is 0 Å². The summed E-state index contributed by atoms with van der Waals surface area (Å²) >= 11 is 0. The van der Waals surface area contributed by atoms with Crippen LogP contribution < -0.4 is 9.80 Å². The van der Waals surface area contributed by atoms with Gasteiger partial charge in [-0.3, -0.25) is 9.59 Å². The number of hydrogen-bond acceptors (Lipinski definition) is 6. The number of carbonyl (C=O) groups is 2. The van der Waals surface area contributed by atoms with E-state index in [1.165, 1.54) is 0 Å². The second-order valence-corrected chi connectivity index (χ2v) is 9.42. The van der Waals surface area contributed by atoms with Gasteiger partial charge in [-0.25, -0.2) is 29.7 Å². The molecule has 0 bridgehead atoms. The van der Waals surface area contributed by atoms with Gasteiger partial charge in [0.1, 0.15) is 23.3 Å². The highest BCUT2D eigenvalue weighted by Gasteiger charge is 2.33. The van der Waals surface area contributed by atoms with Gasteiger partial charge in [0.2, 0.25) is 11.8 Å². The maximum absolute atomic E-state index is 13.8. The van der Waals surface area contributed by atoms with Crippen molar-refractivity contribution < 1.29 is 9.59 Å². The van der Waals surface area contributed by atoms with Crippen molar-refractivity contribution in [2.45, 2.75) is 38.5 Å². The van der Waals surface area contributed by atoms with Crippen LogP contribution in [0.5, 0.6) is 0 Å². The molecule has 0 aliphatic heterocycles. The third-order valence-electron chi connectivity index (χ3n) is 6.95. The number of carbonyl (C=O) groups excluding carboxylic acids is 2. The van der Waals surface area contributed by atoms with Crippen LogP contribution in [0.4, 0.5) is 23.3 Å². The van der Waals surface area contributed by atoms with Gasteiger partial charge in [0.05, 0.1) is 0 Å². The van der Waals surface area contributed by atoms with Crippen molar-refractivity contribution in [3.8, 4) is 0 Å². The van der Waals surface area contributed by atoms with E-state index in [-0.39, 0.29) is 23.7 Å². The molecular formula is C30H30N6O2. The number of amides is 2. The summed E-state index contributed by atoms with van der Waals surface area (Å²) in [6, 6.07) is 22.0. The Balaban J connectivity index is 1.37. The summed E-state index contributed by atoms with van der Waals surface area (Å²) in [6.45, 7) is 0. The predicted octanol–water partition coefficient (Wildman–Crippen LogP) is 5.88. The van der Waals surface area contributed by atoms with Gasteiger partial charge in [-0.2, -0.15) is 0 Å². The Bertz CT molecular complexity index is 1140. The highest BCUT2D eigenvalue weighted by atomic mass is 16.2. The lowest BCUT2D eigenvalue weighted by atomic mass is 9.75. The highest BCUT2D eigenvalue weighted by Crippen LogP contribution is 2.37. The van der Waals surface area contributed by atoms with Crippen LogP contribution in [0, 0.1) is 11.8 Å². The van der Waals surface area contributed by atoms with Crippen molar-refractivity contribution in [2.75, 3.05) is 9.80 Å². The molecule has 4 heterocycles. The van der Waals surface area contributed by atoms with Crippen molar-refractivity contribution >= 4 is 35.1 Å². The monoisotopic (exact) mass is 506 g/mol. The van der Waals surface area contributed by atoms with Gasteiger partial charge >= 0.3 is 0 Å². The predicted molar refractivity (Wildman–Crippen MR) is 146 cm³/mol. The minimum Gasteiger partial charge on any atom is -0.274 e. The zero-order valence-electron chi connectivity index (χ0n) is 21.1. The fourth-order valence-electron chi connectivity index (χ4n) is 5.14. The minimum absolute atomic E-state index is 0.0712. The third-order valence-corrected chi connectivity index (χ3v) is 6.95. The van der Waals surface area contributed by atoms with E-state index in [4.69, 9.17) is 0 Å². The lowest BCUT2D eigenvalue weighted by molar-refractivity contribution is -0.122. The zero-order chi connectivity index (χ0) is 26.2. The van der Waals surface area contributed by atoms with Crippen LogP contribution in [0.15, 0.2) is 97.6 Å². The van der Waals surface area contributed by atoms with E-state index in [1.807, 2.05) is 72.8 Å². The van der Waals surface area contributed by atoms with Crippen LogP contribution >= 0.6 is 0 Å². The first-order valence-electron chi connectivity index (χ1n) is 13.0. The van der Waals surface area contributed by atoms with Crippen molar-refractivity contribution in [1.82, 2.24) is 19.9 Å². The third kappa shape index (κ3) is 5.91. The minimum atomic E-state index is -0.0712. The second kappa shape index (κ2) is 12.2.